The normalized spacial score (nSPS) is 22.0. The van der Waals surface area contributed by atoms with Gasteiger partial charge < -0.3 is 0 Å². The predicted octanol–water partition coefficient (Wildman–Crippen LogP) is -0.355. The van der Waals surface area contributed by atoms with Crippen LogP contribution in [0.4, 0.5) is 0 Å². The lowest BCUT2D eigenvalue weighted by molar-refractivity contribution is -0.150. The number of hydrazine groups is 1. The molecule has 4 heteroatoms. The standard InChI is InChI=1S/C6H10N2O2/c1-4-2-5(9)8(7)6(10)3-4/h4H,2-3,7H2,1H3. The van der Waals surface area contributed by atoms with Crippen LogP contribution in [0.2, 0.25) is 0 Å². The second-order valence-corrected chi connectivity index (χ2v) is 2.67. The van der Waals surface area contributed by atoms with E-state index in [0.717, 1.165) is 0 Å². The summed E-state index contributed by atoms with van der Waals surface area (Å²) in [4.78, 5) is 21.6. The molecule has 0 radical (unpaired) electrons. The molecule has 0 saturated carbocycles. The van der Waals surface area contributed by atoms with E-state index in [0.29, 0.717) is 17.9 Å². The summed E-state index contributed by atoms with van der Waals surface area (Å²) in [6.07, 6.45) is 0.782. The first kappa shape index (κ1) is 7.21. The maximum Gasteiger partial charge on any atom is 0.243 e. The number of piperidine rings is 1. The molecular formula is C6H10N2O2. The average Bonchev–Trinajstić information content (AvgIpc) is 1.82. The third-order valence-electron chi connectivity index (χ3n) is 1.58. The van der Waals surface area contributed by atoms with E-state index in [2.05, 4.69) is 0 Å². The maximum absolute atomic E-state index is 10.8. The molecule has 1 aliphatic heterocycles. The van der Waals surface area contributed by atoms with Crippen LogP contribution < -0.4 is 5.84 Å². The largest absolute Gasteiger partial charge is 0.273 e. The minimum absolute atomic E-state index is 0.153. The van der Waals surface area contributed by atoms with Crippen molar-refractivity contribution in [2.24, 2.45) is 11.8 Å². The number of nitrogens with two attached hydrogens (primary N) is 1. The highest BCUT2D eigenvalue weighted by atomic mass is 16.2. The number of nitrogens with zero attached hydrogens (tertiary/aromatic N) is 1. The lowest BCUT2D eigenvalue weighted by Crippen LogP contribution is -2.47. The number of rotatable bonds is 0. The Labute approximate surface area is 59.0 Å². The zero-order chi connectivity index (χ0) is 7.72. The van der Waals surface area contributed by atoms with Crippen molar-refractivity contribution in [3.63, 3.8) is 0 Å². The Bertz CT molecular complexity index is 161. The molecule has 0 atom stereocenters. The Morgan fingerprint density at radius 2 is 1.80 bits per heavy atom. The molecule has 10 heavy (non-hydrogen) atoms. The highest BCUT2D eigenvalue weighted by Crippen LogP contribution is 2.15. The van der Waals surface area contributed by atoms with Crippen molar-refractivity contribution in [1.29, 1.82) is 0 Å². The molecule has 1 heterocycles. The molecule has 4 nitrogen and oxygen atoms in total. The fraction of sp³-hybridized carbons (Fsp3) is 0.667. The Hall–Kier alpha value is -0.900. The molecular weight excluding hydrogens is 132 g/mol. The SMILES string of the molecule is CC1CC(=O)N(N)C(=O)C1. The number of carbonyl (C=O) groups excluding carboxylic acids is 2. The molecule has 2 N–H and O–H groups in total. The summed E-state index contributed by atoms with van der Waals surface area (Å²) in [6, 6.07) is 0. The molecule has 0 bridgehead atoms. The zero-order valence-electron chi connectivity index (χ0n) is 5.83. The van der Waals surface area contributed by atoms with Gasteiger partial charge in [0.2, 0.25) is 11.8 Å². The summed E-state index contributed by atoms with van der Waals surface area (Å²) in [5, 5.41) is 0.708. The first-order valence-corrected chi connectivity index (χ1v) is 3.21. The number of hydrogen-bond acceptors (Lipinski definition) is 3. The highest BCUT2D eigenvalue weighted by Gasteiger charge is 2.27. The van der Waals surface area contributed by atoms with Gasteiger partial charge in [0.15, 0.2) is 0 Å². The van der Waals surface area contributed by atoms with Crippen LogP contribution in [0.3, 0.4) is 0 Å². The van der Waals surface area contributed by atoms with Gasteiger partial charge in [0, 0.05) is 12.8 Å². The molecule has 1 fully saturated rings. The van der Waals surface area contributed by atoms with Crippen LogP contribution >= 0.6 is 0 Å². The summed E-state index contributed by atoms with van der Waals surface area (Å²) in [7, 11) is 0. The first-order chi connectivity index (χ1) is 4.61. The molecule has 1 saturated heterocycles. The summed E-state index contributed by atoms with van der Waals surface area (Å²) in [5.74, 6) is 4.72. The van der Waals surface area contributed by atoms with Gasteiger partial charge in [0.1, 0.15) is 0 Å². The fourth-order valence-corrected chi connectivity index (χ4v) is 1.00. The van der Waals surface area contributed by atoms with E-state index in [1.54, 1.807) is 0 Å². The Morgan fingerprint density at radius 3 is 2.20 bits per heavy atom. The molecule has 2 amide bonds. The Balaban J connectivity index is 2.66. The third-order valence-corrected chi connectivity index (χ3v) is 1.58. The lowest BCUT2D eigenvalue weighted by atomic mass is 9.99. The number of amides is 2. The van der Waals surface area contributed by atoms with Crippen molar-refractivity contribution in [3.8, 4) is 0 Å². The molecule has 1 rings (SSSR count). The van der Waals surface area contributed by atoms with Crippen molar-refractivity contribution in [2.75, 3.05) is 0 Å². The van der Waals surface area contributed by atoms with Gasteiger partial charge in [-0.05, 0) is 5.92 Å². The van der Waals surface area contributed by atoms with Crippen LogP contribution in [-0.4, -0.2) is 16.8 Å². The summed E-state index contributed by atoms with van der Waals surface area (Å²) >= 11 is 0. The molecule has 0 aromatic carbocycles. The van der Waals surface area contributed by atoms with Crippen LogP contribution in [0, 0.1) is 5.92 Å². The third kappa shape index (κ3) is 1.16. The topological polar surface area (TPSA) is 63.4 Å². The van der Waals surface area contributed by atoms with Crippen LogP contribution in [0.1, 0.15) is 19.8 Å². The van der Waals surface area contributed by atoms with E-state index in [4.69, 9.17) is 5.84 Å². The molecule has 0 unspecified atom stereocenters. The van der Waals surface area contributed by atoms with Gasteiger partial charge in [-0.1, -0.05) is 6.92 Å². The van der Waals surface area contributed by atoms with E-state index in [1.165, 1.54) is 0 Å². The van der Waals surface area contributed by atoms with Crippen molar-refractivity contribution < 1.29 is 9.59 Å². The second-order valence-electron chi connectivity index (χ2n) is 2.67. The number of imide groups is 1. The van der Waals surface area contributed by atoms with Crippen LogP contribution in [-0.2, 0) is 9.59 Å². The van der Waals surface area contributed by atoms with Crippen molar-refractivity contribution in [2.45, 2.75) is 19.8 Å². The quantitative estimate of drug-likeness (QED) is 0.285. The molecule has 0 aromatic heterocycles. The van der Waals surface area contributed by atoms with Crippen LogP contribution in [0.15, 0.2) is 0 Å². The molecule has 56 valence electrons. The van der Waals surface area contributed by atoms with E-state index in [-0.39, 0.29) is 17.7 Å². The smallest absolute Gasteiger partial charge is 0.243 e. The lowest BCUT2D eigenvalue weighted by Gasteiger charge is -2.23. The molecule has 0 aromatic rings. The van der Waals surface area contributed by atoms with Crippen molar-refractivity contribution in [1.82, 2.24) is 5.01 Å². The zero-order valence-corrected chi connectivity index (χ0v) is 5.83. The Morgan fingerprint density at radius 1 is 1.40 bits per heavy atom. The first-order valence-electron chi connectivity index (χ1n) is 3.21. The second kappa shape index (κ2) is 2.38. The van der Waals surface area contributed by atoms with Gasteiger partial charge >= 0.3 is 0 Å². The fourth-order valence-electron chi connectivity index (χ4n) is 1.00. The van der Waals surface area contributed by atoms with E-state index < -0.39 is 0 Å². The van der Waals surface area contributed by atoms with Crippen LogP contribution in [0.25, 0.3) is 0 Å². The van der Waals surface area contributed by atoms with Gasteiger partial charge in [-0.15, -0.1) is 0 Å². The van der Waals surface area contributed by atoms with Crippen molar-refractivity contribution >= 4 is 11.8 Å². The van der Waals surface area contributed by atoms with Gasteiger partial charge in [-0.25, -0.2) is 10.9 Å². The maximum atomic E-state index is 10.8. The van der Waals surface area contributed by atoms with E-state index in [9.17, 15) is 9.59 Å². The van der Waals surface area contributed by atoms with Gasteiger partial charge in [0.05, 0.1) is 0 Å². The van der Waals surface area contributed by atoms with Gasteiger partial charge in [0.25, 0.3) is 0 Å². The van der Waals surface area contributed by atoms with Crippen molar-refractivity contribution in [3.05, 3.63) is 0 Å². The van der Waals surface area contributed by atoms with Gasteiger partial charge in [-0.3, -0.25) is 9.59 Å². The highest BCUT2D eigenvalue weighted by molar-refractivity contribution is 5.96. The molecule has 0 aliphatic carbocycles. The Kier molecular flexibility index (Phi) is 1.72. The summed E-state index contributed by atoms with van der Waals surface area (Å²) in [6.45, 7) is 1.86. The van der Waals surface area contributed by atoms with E-state index >= 15 is 0 Å². The monoisotopic (exact) mass is 142 g/mol. The summed E-state index contributed by atoms with van der Waals surface area (Å²) in [5.41, 5.74) is 0. The van der Waals surface area contributed by atoms with E-state index in [1.807, 2.05) is 6.92 Å². The molecule has 0 spiro atoms. The number of hydrogen-bond donors (Lipinski definition) is 1. The predicted molar refractivity (Wildman–Crippen MR) is 34.4 cm³/mol. The average molecular weight is 142 g/mol. The molecule has 1 aliphatic rings. The minimum Gasteiger partial charge on any atom is -0.273 e. The number of carbonyl (C=O) groups is 2. The summed E-state index contributed by atoms with van der Waals surface area (Å²) < 4.78 is 0. The van der Waals surface area contributed by atoms with Crippen LogP contribution in [0.5, 0.6) is 0 Å². The van der Waals surface area contributed by atoms with Gasteiger partial charge in [-0.2, -0.15) is 0 Å². The minimum atomic E-state index is -0.274.